The molecule has 1 aliphatic rings. The Morgan fingerprint density at radius 2 is 1.90 bits per heavy atom. The van der Waals surface area contributed by atoms with Crippen molar-refractivity contribution in [1.82, 2.24) is 0 Å². The molecular formula is C16H16FNO2. The number of halogens is 1. The minimum Gasteiger partial charge on any atom is -0.475 e. The van der Waals surface area contributed by atoms with Crippen molar-refractivity contribution in [3.63, 3.8) is 0 Å². The molecule has 3 nitrogen and oxygen atoms in total. The Balaban J connectivity index is 2.06. The SMILES string of the molecule is NCC1(Oc2ccccc2F)c2ccccc2CC1O. The zero-order chi connectivity index (χ0) is 14.2. The van der Waals surface area contributed by atoms with Crippen molar-refractivity contribution in [1.29, 1.82) is 0 Å². The zero-order valence-corrected chi connectivity index (χ0v) is 10.9. The van der Waals surface area contributed by atoms with Gasteiger partial charge in [-0.25, -0.2) is 4.39 Å². The second-order valence-electron chi connectivity index (χ2n) is 5.00. The number of aliphatic hydroxyl groups excluding tert-OH is 1. The third kappa shape index (κ3) is 1.88. The highest BCUT2D eigenvalue weighted by Crippen LogP contribution is 2.40. The molecule has 2 aromatic rings. The van der Waals surface area contributed by atoms with E-state index in [0.29, 0.717) is 6.42 Å². The molecular weight excluding hydrogens is 257 g/mol. The number of fused-ring (bicyclic) bond motifs is 1. The molecule has 0 radical (unpaired) electrons. The summed E-state index contributed by atoms with van der Waals surface area (Å²) in [7, 11) is 0. The van der Waals surface area contributed by atoms with Gasteiger partial charge in [-0.2, -0.15) is 0 Å². The minimum absolute atomic E-state index is 0.0829. The summed E-state index contributed by atoms with van der Waals surface area (Å²) in [5, 5.41) is 10.4. The zero-order valence-electron chi connectivity index (χ0n) is 10.9. The summed E-state index contributed by atoms with van der Waals surface area (Å²) in [4.78, 5) is 0. The van der Waals surface area contributed by atoms with Crippen molar-refractivity contribution < 1.29 is 14.2 Å². The van der Waals surface area contributed by atoms with Gasteiger partial charge in [0.1, 0.15) is 6.10 Å². The Labute approximate surface area is 116 Å². The third-order valence-corrected chi connectivity index (χ3v) is 3.86. The topological polar surface area (TPSA) is 55.5 Å². The normalized spacial score (nSPS) is 24.4. The largest absolute Gasteiger partial charge is 0.475 e. The van der Waals surface area contributed by atoms with Crippen LogP contribution in [0, 0.1) is 5.82 Å². The maximum absolute atomic E-state index is 13.8. The highest BCUT2D eigenvalue weighted by Gasteiger charge is 2.47. The van der Waals surface area contributed by atoms with Crippen LogP contribution >= 0.6 is 0 Å². The van der Waals surface area contributed by atoms with Gasteiger partial charge < -0.3 is 15.6 Å². The van der Waals surface area contributed by atoms with Crippen LogP contribution in [0.15, 0.2) is 48.5 Å². The van der Waals surface area contributed by atoms with Crippen molar-refractivity contribution in [3.8, 4) is 5.75 Å². The maximum atomic E-state index is 13.8. The number of hydrogen-bond donors (Lipinski definition) is 2. The lowest BCUT2D eigenvalue weighted by molar-refractivity contribution is -0.0415. The number of hydrogen-bond acceptors (Lipinski definition) is 3. The molecule has 0 aromatic heterocycles. The van der Waals surface area contributed by atoms with Gasteiger partial charge in [0.15, 0.2) is 17.2 Å². The summed E-state index contributed by atoms with van der Waals surface area (Å²) in [6.45, 7) is 0.0829. The predicted octanol–water partition coefficient (Wildman–Crippen LogP) is 1.98. The van der Waals surface area contributed by atoms with Gasteiger partial charge in [0.05, 0.1) is 0 Å². The third-order valence-electron chi connectivity index (χ3n) is 3.86. The first-order valence-electron chi connectivity index (χ1n) is 6.57. The number of nitrogens with two attached hydrogens (primary N) is 1. The van der Waals surface area contributed by atoms with Gasteiger partial charge in [0, 0.05) is 18.5 Å². The van der Waals surface area contributed by atoms with E-state index in [2.05, 4.69) is 0 Å². The van der Waals surface area contributed by atoms with Crippen LogP contribution in [-0.2, 0) is 12.0 Å². The van der Waals surface area contributed by atoms with Gasteiger partial charge in [-0.05, 0) is 17.7 Å². The van der Waals surface area contributed by atoms with Crippen LogP contribution in [0.25, 0.3) is 0 Å². The van der Waals surface area contributed by atoms with Crippen LogP contribution < -0.4 is 10.5 Å². The molecule has 104 valence electrons. The van der Waals surface area contributed by atoms with Crippen molar-refractivity contribution in [2.75, 3.05) is 6.54 Å². The molecule has 4 heteroatoms. The summed E-state index contributed by atoms with van der Waals surface area (Å²) in [5.74, 6) is -0.356. The Morgan fingerprint density at radius 3 is 2.65 bits per heavy atom. The molecule has 2 unspecified atom stereocenters. The fraction of sp³-hybridized carbons (Fsp3) is 0.250. The fourth-order valence-electron chi connectivity index (χ4n) is 2.80. The van der Waals surface area contributed by atoms with Crippen LogP contribution in [0.1, 0.15) is 11.1 Å². The van der Waals surface area contributed by atoms with E-state index in [9.17, 15) is 9.50 Å². The van der Waals surface area contributed by atoms with E-state index in [-0.39, 0.29) is 12.3 Å². The van der Waals surface area contributed by atoms with E-state index < -0.39 is 17.5 Å². The van der Waals surface area contributed by atoms with Crippen molar-refractivity contribution in [3.05, 3.63) is 65.5 Å². The van der Waals surface area contributed by atoms with E-state index in [1.54, 1.807) is 18.2 Å². The lowest BCUT2D eigenvalue weighted by Gasteiger charge is -2.33. The smallest absolute Gasteiger partial charge is 0.172 e. The van der Waals surface area contributed by atoms with E-state index in [0.717, 1.165) is 11.1 Å². The van der Waals surface area contributed by atoms with E-state index in [1.165, 1.54) is 6.07 Å². The molecule has 0 amide bonds. The number of aliphatic hydroxyl groups is 1. The molecule has 0 bridgehead atoms. The Bertz CT molecular complexity index is 631. The van der Waals surface area contributed by atoms with Crippen LogP contribution in [0.2, 0.25) is 0 Å². The average molecular weight is 273 g/mol. The first kappa shape index (κ1) is 13.1. The molecule has 0 spiro atoms. The number of benzene rings is 2. The van der Waals surface area contributed by atoms with Gasteiger partial charge in [0.25, 0.3) is 0 Å². The molecule has 0 fully saturated rings. The van der Waals surface area contributed by atoms with Gasteiger partial charge >= 0.3 is 0 Å². The molecule has 1 aliphatic carbocycles. The Kier molecular flexibility index (Phi) is 3.20. The summed E-state index contributed by atoms with van der Waals surface area (Å²) < 4.78 is 19.6. The second-order valence-corrected chi connectivity index (χ2v) is 5.00. The first-order valence-corrected chi connectivity index (χ1v) is 6.57. The van der Waals surface area contributed by atoms with Crippen LogP contribution in [-0.4, -0.2) is 17.8 Å². The van der Waals surface area contributed by atoms with Crippen LogP contribution in [0.4, 0.5) is 4.39 Å². The van der Waals surface area contributed by atoms with Gasteiger partial charge in [-0.1, -0.05) is 36.4 Å². The molecule has 0 heterocycles. The van der Waals surface area contributed by atoms with Crippen molar-refractivity contribution >= 4 is 0 Å². The van der Waals surface area contributed by atoms with Gasteiger partial charge in [0.2, 0.25) is 0 Å². The summed E-state index contributed by atoms with van der Waals surface area (Å²) >= 11 is 0. The number of rotatable bonds is 3. The van der Waals surface area contributed by atoms with Crippen molar-refractivity contribution in [2.45, 2.75) is 18.1 Å². The quantitative estimate of drug-likeness (QED) is 0.899. The van der Waals surface area contributed by atoms with Crippen molar-refractivity contribution in [2.24, 2.45) is 5.73 Å². The highest BCUT2D eigenvalue weighted by molar-refractivity contribution is 5.41. The number of ether oxygens (including phenoxy) is 1. The summed E-state index contributed by atoms with van der Waals surface area (Å²) in [6.07, 6.45) is -0.327. The molecule has 3 N–H and O–H groups in total. The molecule has 0 saturated heterocycles. The monoisotopic (exact) mass is 273 g/mol. The van der Waals surface area contributed by atoms with Gasteiger partial charge in [-0.3, -0.25) is 0 Å². The standard InChI is InChI=1S/C16H16FNO2/c17-13-7-3-4-8-14(13)20-16(10-18)12-6-2-1-5-11(12)9-15(16)19/h1-8,15,19H,9-10,18H2. The Morgan fingerprint density at radius 1 is 1.20 bits per heavy atom. The van der Waals surface area contributed by atoms with Crippen LogP contribution in [0.3, 0.4) is 0 Å². The molecule has 2 aromatic carbocycles. The van der Waals surface area contributed by atoms with Gasteiger partial charge in [-0.15, -0.1) is 0 Å². The first-order chi connectivity index (χ1) is 9.67. The second kappa shape index (κ2) is 4.89. The van der Waals surface area contributed by atoms with E-state index >= 15 is 0 Å². The summed E-state index contributed by atoms with van der Waals surface area (Å²) in [5.41, 5.74) is 6.60. The highest BCUT2D eigenvalue weighted by atomic mass is 19.1. The Hall–Kier alpha value is -1.91. The number of para-hydroxylation sites is 1. The molecule has 3 rings (SSSR count). The predicted molar refractivity (Wildman–Crippen MR) is 73.9 cm³/mol. The van der Waals surface area contributed by atoms with Crippen LogP contribution in [0.5, 0.6) is 5.75 Å². The maximum Gasteiger partial charge on any atom is 0.172 e. The summed E-state index contributed by atoms with van der Waals surface area (Å²) in [6, 6.07) is 13.7. The average Bonchev–Trinajstić information content (AvgIpc) is 2.74. The molecule has 20 heavy (non-hydrogen) atoms. The molecule has 2 atom stereocenters. The molecule has 0 aliphatic heterocycles. The van der Waals surface area contributed by atoms with E-state index in [4.69, 9.17) is 10.5 Å². The fourth-order valence-corrected chi connectivity index (χ4v) is 2.80. The lowest BCUT2D eigenvalue weighted by atomic mass is 9.93. The minimum atomic E-state index is -1.08. The molecule has 0 saturated carbocycles. The lowest BCUT2D eigenvalue weighted by Crippen LogP contribution is -2.48. The van der Waals surface area contributed by atoms with E-state index in [1.807, 2.05) is 24.3 Å².